The van der Waals surface area contributed by atoms with Crippen molar-refractivity contribution in [2.75, 3.05) is 21.5 Å². The molecule has 1 atom stereocenters. The Morgan fingerprint density at radius 3 is 2.55 bits per heavy atom. The van der Waals surface area contributed by atoms with E-state index in [2.05, 4.69) is 25.0 Å². The average molecular weight is 458 g/mol. The molecular weight excluding hydrogens is 438 g/mol. The fourth-order valence-corrected chi connectivity index (χ4v) is 4.90. The Balaban J connectivity index is 1.41. The van der Waals surface area contributed by atoms with E-state index in [4.69, 9.17) is 4.74 Å². The minimum atomic E-state index is -3.84. The van der Waals surface area contributed by atoms with E-state index in [0.29, 0.717) is 17.1 Å². The summed E-state index contributed by atoms with van der Waals surface area (Å²) in [6.07, 6.45) is 5.47. The number of ether oxygens (including phenoxy) is 1. The Hall–Kier alpha value is -3.18. The average Bonchev–Trinajstić information content (AvgIpc) is 3.28. The van der Waals surface area contributed by atoms with Crippen molar-refractivity contribution < 1.29 is 17.9 Å². The van der Waals surface area contributed by atoms with Crippen molar-refractivity contribution in [1.82, 2.24) is 15.0 Å². The van der Waals surface area contributed by atoms with Crippen molar-refractivity contribution in [3.05, 3.63) is 66.6 Å². The molecule has 1 unspecified atom stereocenters. The second kappa shape index (κ2) is 9.31. The molecule has 9 nitrogen and oxygen atoms in total. The van der Waals surface area contributed by atoms with Gasteiger partial charge in [0.1, 0.15) is 6.10 Å². The largest absolute Gasteiger partial charge is 0.473 e. The van der Waals surface area contributed by atoms with E-state index in [9.17, 15) is 13.2 Å². The lowest BCUT2D eigenvalue weighted by atomic mass is 10.2. The summed E-state index contributed by atoms with van der Waals surface area (Å²) in [5.74, 6) is 2.02. The lowest BCUT2D eigenvalue weighted by Gasteiger charge is -2.12. The number of anilines is 2. The molecule has 0 saturated carbocycles. The van der Waals surface area contributed by atoms with Gasteiger partial charge in [-0.2, -0.15) is 11.8 Å². The summed E-state index contributed by atoms with van der Waals surface area (Å²) in [7, 11) is -3.84. The smallest absolute Gasteiger partial charge is 0.264 e. The summed E-state index contributed by atoms with van der Waals surface area (Å²) >= 11 is 1.83. The van der Waals surface area contributed by atoms with Crippen LogP contribution < -0.4 is 14.8 Å². The summed E-state index contributed by atoms with van der Waals surface area (Å²) < 4.78 is 33.0. The third-order valence-electron chi connectivity index (χ3n) is 4.39. The first-order valence-electron chi connectivity index (χ1n) is 9.41. The van der Waals surface area contributed by atoms with Crippen LogP contribution in [0.1, 0.15) is 16.8 Å². The third kappa shape index (κ3) is 5.50. The molecule has 2 aromatic heterocycles. The Kier molecular flexibility index (Phi) is 6.33. The quantitative estimate of drug-likeness (QED) is 0.555. The van der Waals surface area contributed by atoms with Gasteiger partial charge in [0.2, 0.25) is 11.8 Å². The molecule has 2 N–H and O–H groups in total. The van der Waals surface area contributed by atoms with Gasteiger partial charge in [-0.25, -0.2) is 28.1 Å². The lowest BCUT2D eigenvalue weighted by Crippen LogP contribution is -2.17. The number of sulfonamides is 1. The molecule has 4 rings (SSSR count). The molecule has 0 radical (unpaired) electrons. The zero-order chi connectivity index (χ0) is 21.7. The second-order valence-electron chi connectivity index (χ2n) is 6.64. The predicted octanol–water partition coefficient (Wildman–Crippen LogP) is 2.81. The molecule has 0 spiro atoms. The molecule has 1 saturated heterocycles. The lowest BCUT2D eigenvalue weighted by molar-refractivity contribution is 0.102. The highest BCUT2D eigenvalue weighted by Crippen LogP contribution is 2.23. The van der Waals surface area contributed by atoms with E-state index in [0.717, 1.165) is 17.9 Å². The van der Waals surface area contributed by atoms with Gasteiger partial charge in [0.25, 0.3) is 15.9 Å². The van der Waals surface area contributed by atoms with Crippen LogP contribution in [0.5, 0.6) is 5.88 Å². The summed E-state index contributed by atoms with van der Waals surface area (Å²) in [4.78, 5) is 24.5. The number of nitrogens with zero attached hydrogens (tertiary/aromatic N) is 3. The Morgan fingerprint density at radius 2 is 1.84 bits per heavy atom. The van der Waals surface area contributed by atoms with Crippen LogP contribution in [0.4, 0.5) is 11.6 Å². The zero-order valence-corrected chi connectivity index (χ0v) is 17.9. The molecule has 3 heterocycles. The van der Waals surface area contributed by atoms with Gasteiger partial charge in [0.05, 0.1) is 4.90 Å². The Morgan fingerprint density at radius 1 is 1.06 bits per heavy atom. The van der Waals surface area contributed by atoms with E-state index < -0.39 is 10.0 Å². The van der Waals surface area contributed by atoms with E-state index in [-0.39, 0.29) is 22.9 Å². The van der Waals surface area contributed by atoms with Crippen molar-refractivity contribution >= 4 is 39.3 Å². The molecule has 11 heteroatoms. The standard InChI is InChI=1S/C20H19N5O4S2/c26-19(14-6-10-21-18(12-14)29-16-7-11-30-13-16)24-15-2-4-17(5-3-15)31(27,28)25-20-22-8-1-9-23-20/h1-6,8-10,12,16H,7,11,13H2,(H,24,26)(H,22,23,25). The topological polar surface area (TPSA) is 123 Å². The molecule has 1 aromatic carbocycles. The summed E-state index contributed by atoms with van der Waals surface area (Å²) in [5.41, 5.74) is 0.849. The van der Waals surface area contributed by atoms with Gasteiger partial charge in [0.15, 0.2) is 0 Å². The van der Waals surface area contributed by atoms with Crippen LogP contribution in [0, 0.1) is 0 Å². The number of pyridine rings is 1. The van der Waals surface area contributed by atoms with Gasteiger partial charge in [0, 0.05) is 41.7 Å². The number of hydrogen-bond donors (Lipinski definition) is 2. The summed E-state index contributed by atoms with van der Waals surface area (Å²) in [6, 6.07) is 10.6. The molecule has 31 heavy (non-hydrogen) atoms. The number of amides is 1. The highest BCUT2D eigenvalue weighted by atomic mass is 32.2. The Labute approximate surface area is 183 Å². The summed E-state index contributed by atoms with van der Waals surface area (Å²) in [6.45, 7) is 0. The van der Waals surface area contributed by atoms with Crippen molar-refractivity contribution in [2.24, 2.45) is 0 Å². The molecule has 160 valence electrons. The SMILES string of the molecule is O=C(Nc1ccc(S(=O)(=O)Nc2ncccn2)cc1)c1ccnc(OC2CCSC2)c1. The number of hydrogen-bond acceptors (Lipinski definition) is 8. The first kappa shape index (κ1) is 21.1. The fourth-order valence-electron chi connectivity index (χ4n) is 2.84. The number of aromatic nitrogens is 3. The molecule has 0 bridgehead atoms. The zero-order valence-electron chi connectivity index (χ0n) is 16.3. The second-order valence-corrected chi connectivity index (χ2v) is 9.47. The van der Waals surface area contributed by atoms with E-state index >= 15 is 0 Å². The fraction of sp³-hybridized carbons (Fsp3) is 0.200. The third-order valence-corrected chi connectivity index (χ3v) is 6.86. The van der Waals surface area contributed by atoms with E-state index in [1.165, 1.54) is 42.9 Å². The van der Waals surface area contributed by atoms with Crippen LogP contribution in [0.3, 0.4) is 0 Å². The van der Waals surface area contributed by atoms with E-state index in [1.807, 2.05) is 11.8 Å². The minimum absolute atomic E-state index is 0.0204. The predicted molar refractivity (Wildman–Crippen MR) is 118 cm³/mol. The van der Waals surface area contributed by atoms with Gasteiger partial charge in [-0.1, -0.05) is 0 Å². The maximum Gasteiger partial charge on any atom is 0.264 e. The van der Waals surface area contributed by atoms with Gasteiger partial charge in [-0.05, 0) is 48.6 Å². The van der Waals surface area contributed by atoms with Gasteiger partial charge in [-0.15, -0.1) is 0 Å². The maximum absolute atomic E-state index is 12.6. The highest BCUT2D eigenvalue weighted by molar-refractivity contribution is 7.99. The van der Waals surface area contributed by atoms with Gasteiger partial charge >= 0.3 is 0 Å². The van der Waals surface area contributed by atoms with Crippen LogP contribution in [-0.4, -0.2) is 46.9 Å². The van der Waals surface area contributed by atoms with Crippen molar-refractivity contribution in [3.8, 4) is 5.88 Å². The van der Waals surface area contributed by atoms with Crippen molar-refractivity contribution in [2.45, 2.75) is 17.4 Å². The monoisotopic (exact) mass is 457 g/mol. The van der Waals surface area contributed by atoms with Crippen LogP contribution in [0.2, 0.25) is 0 Å². The molecule has 0 aliphatic carbocycles. The van der Waals surface area contributed by atoms with Crippen molar-refractivity contribution in [3.63, 3.8) is 0 Å². The number of benzene rings is 1. The first-order chi connectivity index (χ1) is 15.0. The normalized spacial score (nSPS) is 15.9. The number of carbonyl (C=O) groups is 1. The number of nitrogens with one attached hydrogen (secondary N) is 2. The maximum atomic E-state index is 12.6. The number of rotatable bonds is 7. The molecule has 1 aliphatic rings. The van der Waals surface area contributed by atoms with Crippen LogP contribution in [-0.2, 0) is 10.0 Å². The van der Waals surface area contributed by atoms with Crippen LogP contribution in [0.25, 0.3) is 0 Å². The number of thioether (sulfide) groups is 1. The highest BCUT2D eigenvalue weighted by Gasteiger charge is 2.19. The molecule has 1 aliphatic heterocycles. The van der Waals surface area contributed by atoms with Gasteiger partial charge in [-0.3, -0.25) is 4.79 Å². The molecule has 1 fully saturated rings. The first-order valence-corrected chi connectivity index (χ1v) is 12.1. The molecule has 3 aromatic rings. The molecular formula is C20H19N5O4S2. The van der Waals surface area contributed by atoms with Crippen molar-refractivity contribution in [1.29, 1.82) is 0 Å². The number of carbonyl (C=O) groups excluding carboxylic acids is 1. The minimum Gasteiger partial charge on any atom is -0.473 e. The Bertz CT molecular complexity index is 1150. The van der Waals surface area contributed by atoms with Crippen LogP contribution in [0.15, 0.2) is 66.0 Å². The summed E-state index contributed by atoms with van der Waals surface area (Å²) in [5, 5.41) is 2.74. The van der Waals surface area contributed by atoms with Crippen LogP contribution >= 0.6 is 11.8 Å². The van der Waals surface area contributed by atoms with Gasteiger partial charge < -0.3 is 10.1 Å². The van der Waals surface area contributed by atoms with E-state index in [1.54, 1.807) is 18.2 Å². The molecule has 1 amide bonds.